The standard InChI is InChI=1S/C66H43N3O2/c1-43-39-47(46-29-36-63-58(42-46)53-20-9-12-24-61(53)69(63)50-17-6-3-7-18-50)37-38-67(48-30-32-51(33-31-48)70-65-26-14-22-55-54-21-10-13-25-64(54)71-66(55)65)59-34-27-44(40-56(43)59)45-28-35-62-57(41-45)52-19-8-11-23-60(52)68(62)49-15-4-2-5-16-49/h2-42H,1H2/b38-37-,47-39+. The summed E-state index contributed by atoms with van der Waals surface area (Å²) in [6, 6.07) is 81.5. The minimum atomic E-state index is 0.674. The summed E-state index contributed by atoms with van der Waals surface area (Å²) in [7, 11) is 0. The first-order valence-corrected chi connectivity index (χ1v) is 24.0. The van der Waals surface area contributed by atoms with E-state index in [-0.39, 0.29) is 0 Å². The molecule has 0 N–H and O–H groups in total. The van der Waals surface area contributed by atoms with Gasteiger partial charge in [-0.3, -0.25) is 0 Å². The topological polar surface area (TPSA) is 35.5 Å². The van der Waals surface area contributed by atoms with Crippen LogP contribution in [0.2, 0.25) is 0 Å². The lowest BCUT2D eigenvalue weighted by atomic mass is 9.92. The number of aromatic nitrogens is 2. The van der Waals surface area contributed by atoms with Crippen molar-refractivity contribution < 1.29 is 9.15 Å². The maximum atomic E-state index is 6.56. The van der Waals surface area contributed by atoms with Crippen LogP contribution in [0.25, 0.3) is 99.2 Å². The molecule has 0 bridgehead atoms. The lowest BCUT2D eigenvalue weighted by Gasteiger charge is -2.27. The summed E-state index contributed by atoms with van der Waals surface area (Å²) in [6.07, 6.45) is 6.63. The van der Waals surface area contributed by atoms with Gasteiger partial charge in [0, 0.05) is 61.1 Å². The molecule has 5 nitrogen and oxygen atoms in total. The number of fused-ring (bicyclic) bond motifs is 10. The van der Waals surface area contributed by atoms with Gasteiger partial charge in [0.1, 0.15) is 11.3 Å². The molecule has 0 amide bonds. The van der Waals surface area contributed by atoms with Gasteiger partial charge in [-0.15, -0.1) is 0 Å². The van der Waals surface area contributed by atoms with E-state index in [1.165, 1.54) is 38.1 Å². The van der Waals surface area contributed by atoms with Crippen LogP contribution in [0.1, 0.15) is 11.1 Å². The van der Waals surface area contributed by atoms with E-state index in [9.17, 15) is 0 Å². The molecule has 0 unspecified atom stereocenters. The molecule has 14 rings (SSSR count). The SMILES string of the molecule is C=C1/C=C(c2ccc3c(c2)c2ccccc2n3-c2ccccc2)\C=C/N(c2ccc(Oc3cccc4c3oc3ccccc34)cc2)c2ccc(-c3ccc4c(c3)c3ccccc3n4-c3ccccc3)cc21. The maximum Gasteiger partial charge on any atom is 0.177 e. The van der Waals surface area contributed by atoms with Gasteiger partial charge in [-0.1, -0.05) is 128 Å². The second kappa shape index (κ2) is 16.3. The van der Waals surface area contributed by atoms with Crippen molar-refractivity contribution in [3.63, 3.8) is 0 Å². The van der Waals surface area contributed by atoms with Crippen LogP contribution in [0.3, 0.4) is 0 Å². The molecule has 3 aromatic heterocycles. The maximum absolute atomic E-state index is 6.56. The van der Waals surface area contributed by atoms with E-state index in [1.807, 2.05) is 42.5 Å². The van der Waals surface area contributed by atoms with Crippen molar-refractivity contribution in [2.24, 2.45) is 0 Å². The van der Waals surface area contributed by atoms with Gasteiger partial charge in [0.25, 0.3) is 0 Å². The summed E-state index contributed by atoms with van der Waals surface area (Å²) >= 11 is 0. The zero-order chi connectivity index (χ0) is 47.0. The Balaban J connectivity index is 0.891. The van der Waals surface area contributed by atoms with E-state index in [4.69, 9.17) is 15.7 Å². The van der Waals surface area contributed by atoms with Gasteiger partial charge in [0.05, 0.1) is 27.8 Å². The van der Waals surface area contributed by atoms with Crippen molar-refractivity contribution in [2.45, 2.75) is 0 Å². The Kier molecular flexibility index (Phi) is 9.29. The smallest absolute Gasteiger partial charge is 0.177 e. The fourth-order valence-electron chi connectivity index (χ4n) is 10.8. The highest BCUT2D eigenvalue weighted by Gasteiger charge is 2.21. The van der Waals surface area contributed by atoms with Crippen LogP contribution in [0.5, 0.6) is 11.5 Å². The van der Waals surface area contributed by atoms with Crippen molar-refractivity contribution in [1.29, 1.82) is 0 Å². The predicted octanol–water partition coefficient (Wildman–Crippen LogP) is 18.0. The molecule has 0 spiro atoms. The van der Waals surface area contributed by atoms with Crippen LogP contribution in [0, 0.1) is 0 Å². The first kappa shape index (κ1) is 40.5. The third-order valence-electron chi connectivity index (χ3n) is 14.1. The van der Waals surface area contributed by atoms with E-state index in [2.05, 4.69) is 220 Å². The quantitative estimate of drug-likeness (QED) is 0.160. The number of allylic oxidation sites excluding steroid dienone is 4. The number of hydrogen-bond acceptors (Lipinski definition) is 3. The molecule has 0 atom stereocenters. The number of para-hydroxylation sites is 6. The van der Waals surface area contributed by atoms with Crippen molar-refractivity contribution in [2.75, 3.05) is 4.90 Å². The Hall–Kier alpha value is -9.58. The largest absolute Gasteiger partial charge is 0.453 e. The molecule has 334 valence electrons. The second-order valence-corrected chi connectivity index (χ2v) is 18.2. The zero-order valence-electron chi connectivity index (χ0n) is 38.5. The fraction of sp³-hybridized carbons (Fsp3) is 0. The van der Waals surface area contributed by atoms with Gasteiger partial charge in [-0.05, 0) is 149 Å². The molecule has 71 heavy (non-hydrogen) atoms. The van der Waals surface area contributed by atoms with Gasteiger partial charge < -0.3 is 23.2 Å². The summed E-state index contributed by atoms with van der Waals surface area (Å²) in [5.74, 6) is 1.39. The third-order valence-corrected chi connectivity index (χ3v) is 14.1. The molecule has 0 saturated heterocycles. The summed E-state index contributed by atoms with van der Waals surface area (Å²) < 4.78 is 17.6. The zero-order valence-corrected chi connectivity index (χ0v) is 38.5. The van der Waals surface area contributed by atoms with Gasteiger partial charge in [-0.2, -0.15) is 0 Å². The van der Waals surface area contributed by atoms with Crippen molar-refractivity contribution in [1.82, 2.24) is 9.13 Å². The molecule has 1 aliphatic heterocycles. The van der Waals surface area contributed by atoms with Gasteiger partial charge in [0.15, 0.2) is 11.3 Å². The molecular weight excluding hydrogens is 867 g/mol. The Bertz CT molecular complexity index is 4320. The molecule has 13 aromatic rings. The Morgan fingerprint density at radius 1 is 0.408 bits per heavy atom. The minimum absolute atomic E-state index is 0.674. The van der Waals surface area contributed by atoms with Crippen LogP contribution >= 0.6 is 0 Å². The van der Waals surface area contributed by atoms with Crippen LogP contribution in [-0.4, -0.2) is 9.13 Å². The number of anilines is 2. The predicted molar refractivity (Wildman–Crippen MR) is 296 cm³/mol. The molecular formula is C66H43N3O2. The van der Waals surface area contributed by atoms with Crippen LogP contribution in [0.15, 0.2) is 260 Å². The first-order chi connectivity index (χ1) is 35.1. The highest BCUT2D eigenvalue weighted by atomic mass is 16.5. The third kappa shape index (κ3) is 6.70. The number of rotatable bonds is 7. The summed E-state index contributed by atoms with van der Waals surface area (Å²) in [6.45, 7) is 4.81. The molecule has 4 heterocycles. The normalized spacial score (nSPS) is 14.0. The molecule has 0 fully saturated rings. The molecule has 1 aliphatic rings. The van der Waals surface area contributed by atoms with Gasteiger partial charge in [0.2, 0.25) is 0 Å². The van der Waals surface area contributed by atoms with Crippen molar-refractivity contribution in [3.8, 4) is 34.0 Å². The lowest BCUT2D eigenvalue weighted by Crippen LogP contribution is -2.12. The highest BCUT2D eigenvalue weighted by molar-refractivity contribution is 6.12. The van der Waals surface area contributed by atoms with E-state index in [1.54, 1.807) is 0 Å². The Morgan fingerprint density at radius 2 is 0.958 bits per heavy atom. The van der Waals surface area contributed by atoms with Crippen molar-refractivity contribution in [3.05, 3.63) is 267 Å². The molecule has 10 aromatic carbocycles. The first-order valence-electron chi connectivity index (χ1n) is 24.0. The minimum Gasteiger partial charge on any atom is -0.453 e. The van der Waals surface area contributed by atoms with Crippen molar-refractivity contribution >= 4 is 88.1 Å². The number of hydrogen-bond donors (Lipinski definition) is 0. The fourth-order valence-corrected chi connectivity index (χ4v) is 10.8. The van der Waals surface area contributed by atoms with E-state index in [0.29, 0.717) is 11.5 Å². The average molecular weight is 910 g/mol. The van der Waals surface area contributed by atoms with E-state index in [0.717, 1.165) is 83.6 Å². The monoisotopic (exact) mass is 909 g/mol. The summed E-state index contributed by atoms with van der Waals surface area (Å²) in [4.78, 5) is 2.26. The van der Waals surface area contributed by atoms with Gasteiger partial charge >= 0.3 is 0 Å². The Morgan fingerprint density at radius 3 is 1.65 bits per heavy atom. The van der Waals surface area contributed by atoms with Crippen LogP contribution in [0.4, 0.5) is 11.4 Å². The summed E-state index contributed by atoms with van der Waals surface area (Å²) in [5, 5.41) is 6.93. The highest BCUT2D eigenvalue weighted by Crippen LogP contribution is 2.43. The number of furan rings is 1. The van der Waals surface area contributed by atoms with E-state index >= 15 is 0 Å². The number of ether oxygens (including phenoxy) is 1. The lowest BCUT2D eigenvalue weighted by molar-refractivity contribution is 0.476. The van der Waals surface area contributed by atoms with E-state index < -0.39 is 0 Å². The second-order valence-electron chi connectivity index (χ2n) is 18.2. The average Bonchev–Trinajstić information content (AvgIpc) is 4.09. The summed E-state index contributed by atoms with van der Waals surface area (Å²) in [5.41, 5.74) is 16.9. The molecule has 0 aliphatic carbocycles. The number of benzene rings is 10. The van der Waals surface area contributed by atoms with Crippen LogP contribution in [-0.2, 0) is 0 Å². The molecule has 0 radical (unpaired) electrons. The van der Waals surface area contributed by atoms with Crippen LogP contribution < -0.4 is 9.64 Å². The number of nitrogens with zero attached hydrogens (tertiary/aromatic N) is 3. The Labute approximate surface area is 409 Å². The van der Waals surface area contributed by atoms with Gasteiger partial charge in [-0.25, -0.2) is 0 Å². The molecule has 5 heteroatoms. The molecule has 0 saturated carbocycles.